The summed E-state index contributed by atoms with van der Waals surface area (Å²) < 4.78 is 4.65. The van der Waals surface area contributed by atoms with Gasteiger partial charge in [-0.25, -0.2) is 9.59 Å². The van der Waals surface area contributed by atoms with Crippen LogP contribution in [-0.2, 0) is 14.3 Å². The Morgan fingerprint density at radius 1 is 1.32 bits per heavy atom. The first-order valence-corrected chi connectivity index (χ1v) is 6.09. The minimum atomic E-state index is -1.15. The number of rotatable bonds is 8. The molecular formula is C11H19N3O5. The zero-order valence-electron chi connectivity index (χ0n) is 10.8. The van der Waals surface area contributed by atoms with Crippen LogP contribution in [0.1, 0.15) is 19.3 Å². The van der Waals surface area contributed by atoms with Crippen molar-refractivity contribution in [2.24, 2.45) is 0 Å². The lowest BCUT2D eigenvalue weighted by molar-refractivity contribution is -0.148. The fourth-order valence-electron chi connectivity index (χ4n) is 1.34. The van der Waals surface area contributed by atoms with Crippen LogP contribution in [0, 0.1) is 0 Å². The molecule has 0 aromatic rings. The maximum absolute atomic E-state index is 11.3. The molecule has 19 heavy (non-hydrogen) atoms. The summed E-state index contributed by atoms with van der Waals surface area (Å²) in [6.07, 6.45) is 1.17. The largest absolute Gasteiger partial charge is 0.479 e. The van der Waals surface area contributed by atoms with Crippen molar-refractivity contribution in [3.63, 3.8) is 0 Å². The van der Waals surface area contributed by atoms with Crippen molar-refractivity contribution >= 4 is 17.9 Å². The minimum absolute atomic E-state index is 0.0943. The van der Waals surface area contributed by atoms with Crippen LogP contribution in [0.3, 0.4) is 0 Å². The number of carboxylic acids is 1. The summed E-state index contributed by atoms with van der Waals surface area (Å²) in [5, 5.41) is 16.3. The lowest BCUT2D eigenvalue weighted by Gasteiger charge is -2.12. The number of hydrogen-bond acceptors (Lipinski definition) is 4. The number of carbonyl (C=O) groups excluding carboxylic acids is 2. The third kappa shape index (κ3) is 6.61. The van der Waals surface area contributed by atoms with Crippen molar-refractivity contribution in [3.8, 4) is 0 Å². The van der Waals surface area contributed by atoms with Crippen LogP contribution >= 0.6 is 0 Å². The maximum atomic E-state index is 11.3. The SMILES string of the molecule is COC(CNC(=O)NCCC(=O)NC1CC1)C(=O)O. The van der Waals surface area contributed by atoms with Crippen molar-refractivity contribution < 1.29 is 24.2 Å². The Kier molecular flexibility index (Phi) is 6.07. The average Bonchev–Trinajstić information content (AvgIpc) is 3.13. The summed E-state index contributed by atoms with van der Waals surface area (Å²) in [6, 6.07) is -0.220. The van der Waals surface area contributed by atoms with Crippen molar-refractivity contribution in [2.75, 3.05) is 20.2 Å². The molecule has 1 aliphatic carbocycles. The normalized spacial score (nSPS) is 15.4. The van der Waals surface area contributed by atoms with E-state index in [9.17, 15) is 14.4 Å². The van der Waals surface area contributed by atoms with Gasteiger partial charge in [0.2, 0.25) is 5.91 Å². The number of carboxylic acid groups (broad SMARTS) is 1. The summed E-state index contributed by atoms with van der Waals surface area (Å²) in [7, 11) is 1.25. The second kappa shape index (κ2) is 7.57. The van der Waals surface area contributed by atoms with E-state index in [0.717, 1.165) is 12.8 Å². The van der Waals surface area contributed by atoms with E-state index in [1.165, 1.54) is 7.11 Å². The number of methoxy groups -OCH3 is 1. The molecule has 1 fully saturated rings. The highest BCUT2D eigenvalue weighted by molar-refractivity contribution is 5.79. The Bertz CT molecular complexity index is 343. The highest BCUT2D eigenvalue weighted by Crippen LogP contribution is 2.18. The van der Waals surface area contributed by atoms with Gasteiger partial charge in [-0.05, 0) is 12.8 Å². The minimum Gasteiger partial charge on any atom is -0.479 e. The predicted molar refractivity (Wildman–Crippen MR) is 65.6 cm³/mol. The van der Waals surface area contributed by atoms with E-state index in [2.05, 4.69) is 20.7 Å². The molecule has 1 atom stereocenters. The van der Waals surface area contributed by atoms with E-state index in [1.807, 2.05) is 0 Å². The number of urea groups is 1. The van der Waals surface area contributed by atoms with E-state index < -0.39 is 18.1 Å². The fourth-order valence-corrected chi connectivity index (χ4v) is 1.34. The number of amides is 3. The van der Waals surface area contributed by atoms with Crippen molar-refractivity contribution in [2.45, 2.75) is 31.4 Å². The van der Waals surface area contributed by atoms with Gasteiger partial charge in [0.25, 0.3) is 0 Å². The van der Waals surface area contributed by atoms with Gasteiger partial charge in [0, 0.05) is 26.1 Å². The first kappa shape index (κ1) is 15.2. The van der Waals surface area contributed by atoms with Crippen LogP contribution in [0.2, 0.25) is 0 Å². The highest BCUT2D eigenvalue weighted by Gasteiger charge is 2.22. The maximum Gasteiger partial charge on any atom is 0.334 e. The first-order chi connectivity index (χ1) is 9.02. The summed E-state index contributed by atoms with van der Waals surface area (Å²) >= 11 is 0. The number of carbonyl (C=O) groups is 3. The lowest BCUT2D eigenvalue weighted by atomic mass is 10.3. The van der Waals surface area contributed by atoms with Gasteiger partial charge in [0.05, 0.1) is 6.54 Å². The fraction of sp³-hybridized carbons (Fsp3) is 0.727. The molecule has 0 saturated heterocycles. The topological polar surface area (TPSA) is 117 Å². The Hall–Kier alpha value is -1.83. The van der Waals surface area contributed by atoms with Crippen molar-refractivity contribution in [1.29, 1.82) is 0 Å². The molecule has 8 heteroatoms. The molecule has 0 heterocycles. The van der Waals surface area contributed by atoms with Crippen LogP contribution in [0.25, 0.3) is 0 Å². The van der Waals surface area contributed by atoms with Gasteiger partial charge in [-0.3, -0.25) is 4.79 Å². The quantitative estimate of drug-likeness (QED) is 0.455. The molecule has 108 valence electrons. The van der Waals surface area contributed by atoms with Gasteiger partial charge in [0.15, 0.2) is 6.10 Å². The number of ether oxygens (including phenoxy) is 1. The second-order valence-corrected chi connectivity index (χ2v) is 4.29. The molecule has 4 N–H and O–H groups in total. The van der Waals surface area contributed by atoms with Crippen LogP contribution in [-0.4, -0.2) is 55.4 Å². The molecule has 1 unspecified atom stereocenters. The smallest absolute Gasteiger partial charge is 0.334 e. The number of aliphatic carboxylic acids is 1. The third-order valence-corrected chi connectivity index (χ3v) is 2.59. The molecule has 3 amide bonds. The summed E-state index contributed by atoms with van der Waals surface area (Å²) in [4.78, 5) is 33.2. The molecular weight excluding hydrogens is 254 g/mol. The highest BCUT2D eigenvalue weighted by atomic mass is 16.5. The number of nitrogens with one attached hydrogen (secondary N) is 3. The van der Waals surface area contributed by atoms with Crippen LogP contribution in [0.5, 0.6) is 0 Å². The zero-order chi connectivity index (χ0) is 14.3. The molecule has 1 aliphatic rings. The summed E-state index contributed by atoms with van der Waals surface area (Å²) in [5.74, 6) is -1.24. The molecule has 0 radical (unpaired) electrons. The molecule has 0 bridgehead atoms. The molecule has 0 aromatic carbocycles. The zero-order valence-corrected chi connectivity index (χ0v) is 10.8. The third-order valence-electron chi connectivity index (χ3n) is 2.59. The monoisotopic (exact) mass is 273 g/mol. The second-order valence-electron chi connectivity index (χ2n) is 4.29. The predicted octanol–water partition coefficient (Wildman–Crippen LogP) is -0.946. The van der Waals surface area contributed by atoms with Gasteiger partial charge < -0.3 is 25.8 Å². The van der Waals surface area contributed by atoms with E-state index in [-0.39, 0.29) is 25.4 Å². The van der Waals surface area contributed by atoms with E-state index in [0.29, 0.717) is 6.04 Å². The van der Waals surface area contributed by atoms with Crippen molar-refractivity contribution in [3.05, 3.63) is 0 Å². The Labute approximate surface area is 110 Å². The van der Waals surface area contributed by atoms with E-state index in [1.54, 1.807) is 0 Å². The van der Waals surface area contributed by atoms with Crippen LogP contribution < -0.4 is 16.0 Å². The van der Waals surface area contributed by atoms with Crippen molar-refractivity contribution in [1.82, 2.24) is 16.0 Å². The Morgan fingerprint density at radius 2 is 2.00 bits per heavy atom. The first-order valence-electron chi connectivity index (χ1n) is 6.09. The Morgan fingerprint density at radius 3 is 2.53 bits per heavy atom. The molecule has 1 rings (SSSR count). The Balaban J connectivity index is 2.06. The molecule has 0 aliphatic heterocycles. The van der Waals surface area contributed by atoms with E-state index >= 15 is 0 Å². The van der Waals surface area contributed by atoms with Crippen LogP contribution in [0.15, 0.2) is 0 Å². The number of hydrogen-bond donors (Lipinski definition) is 4. The molecule has 0 aromatic heterocycles. The van der Waals surface area contributed by atoms with Gasteiger partial charge in [-0.1, -0.05) is 0 Å². The standard InChI is InChI=1S/C11H19N3O5/c1-19-8(10(16)17)6-13-11(18)12-5-4-9(15)14-7-2-3-7/h7-8H,2-6H2,1H3,(H,14,15)(H,16,17)(H2,12,13,18). The van der Waals surface area contributed by atoms with Gasteiger partial charge in [-0.2, -0.15) is 0 Å². The molecule has 8 nitrogen and oxygen atoms in total. The van der Waals surface area contributed by atoms with E-state index in [4.69, 9.17) is 5.11 Å². The average molecular weight is 273 g/mol. The van der Waals surface area contributed by atoms with Gasteiger partial charge in [0.1, 0.15) is 0 Å². The van der Waals surface area contributed by atoms with Crippen LogP contribution in [0.4, 0.5) is 4.79 Å². The summed E-state index contributed by atoms with van der Waals surface area (Å²) in [5.41, 5.74) is 0. The van der Waals surface area contributed by atoms with Gasteiger partial charge >= 0.3 is 12.0 Å². The summed E-state index contributed by atoms with van der Waals surface area (Å²) in [6.45, 7) is 0.0705. The van der Waals surface area contributed by atoms with Gasteiger partial charge in [-0.15, -0.1) is 0 Å². The molecule has 1 saturated carbocycles. The lowest BCUT2D eigenvalue weighted by Crippen LogP contribution is -2.43. The molecule has 0 spiro atoms.